The van der Waals surface area contributed by atoms with Gasteiger partial charge in [0.1, 0.15) is 6.10 Å². The van der Waals surface area contributed by atoms with Crippen LogP contribution in [0, 0.1) is 29.6 Å². The fourth-order valence-corrected chi connectivity index (χ4v) is 5.97. The predicted molar refractivity (Wildman–Crippen MR) is 104 cm³/mol. The van der Waals surface area contributed by atoms with Gasteiger partial charge >= 0.3 is 27.3 Å². The Morgan fingerprint density at radius 1 is 1.16 bits per heavy atom. The molecule has 1 saturated heterocycles. The third-order valence-electron chi connectivity index (χ3n) is 7.32. The Labute approximate surface area is 184 Å². The maximum Gasteiger partial charge on any atom is 0.402 e. The van der Waals surface area contributed by atoms with Crippen LogP contribution in [0.15, 0.2) is 0 Å². The lowest BCUT2D eigenvalue weighted by Gasteiger charge is -2.40. The van der Waals surface area contributed by atoms with Gasteiger partial charge in [0.05, 0.1) is 23.8 Å². The Bertz CT molecular complexity index is 942. The van der Waals surface area contributed by atoms with Gasteiger partial charge in [0, 0.05) is 11.5 Å². The van der Waals surface area contributed by atoms with E-state index in [0.29, 0.717) is 19.3 Å². The summed E-state index contributed by atoms with van der Waals surface area (Å²) in [5, 5.41) is -4.67. The minimum absolute atomic E-state index is 0.219. The van der Waals surface area contributed by atoms with E-state index in [0.717, 1.165) is 6.42 Å². The summed E-state index contributed by atoms with van der Waals surface area (Å²) in [7, 11) is -5.77. The quantitative estimate of drug-likeness (QED) is 0.450. The Kier molecular flexibility index (Phi) is 5.36. The lowest BCUT2D eigenvalue weighted by Crippen LogP contribution is -2.53. The van der Waals surface area contributed by atoms with Crippen molar-refractivity contribution in [1.82, 2.24) is 4.90 Å². The highest BCUT2D eigenvalue weighted by Crippen LogP contribution is 2.61. The molecule has 1 heterocycles. The first kappa shape index (κ1) is 23.3. The van der Waals surface area contributed by atoms with E-state index >= 15 is 0 Å². The third kappa shape index (κ3) is 3.49. The van der Waals surface area contributed by atoms with Crippen molar-refractivity contribution in [1.29, 1.82) is 0 Å². The Morgan fingerprint density at radius 3 is 2.28 bits per heavy atom. The number of hydrogen-bond acceptors (Lipinski definition) is 7. The molecule has 1 N–H and O–H groups in total. The van der Waals surface area contributed by atoms with Crippen LogP contribution in [0.25, 0.3) is 0 Å². The first-order valence-corrected chi connectivity index (χ1v) is 12.1. The molecule has 9 nitrogen and oxygen atoms in total. The number of carbonyl (C=O) groups excluding carboxylic acids is 3. The van der Waals surface area contributed by atoms with E-state index in [4.69, 9.17) is 9.29 Å². The fraction of sp³-hybridized carbons (Fsp3) is 0.850. The first-order valence-electron chi connectivity index (χ1n) is 10.7. The summed E-state index contributed by atoms with van der Waals surface area (Å²) in [6.45, 7) is 3.62. The van der Waals surface area contributed by atoms with Crippen LogP contribution in [-0.2, 0) is 34.0 Å². The van der Waals surface area contributed by atoms with Crippen LogP contribution < -0.4 is 0 Å². The molecule has 32 heavy (non-hydrogen) atoms. The SMILES string of the molecule is CC(C)(C)N1C(=O)C2C3CC(C(OC(=O)C4CCC4)C31)C2C(=O)OCC(F)(F)S(=O)(=O)O. The van der Waals surface area contributed by atoms with Crippen molar-refractivity contribution in [2.45, 2.75) is 69.4 Å². The summed E-state index contributed by atoms with van der Waals surface area (Å²) in [5.41, 5.74) is -0.623. The van der Waals surface area contributed by atoms with Crippen molar-refractivity contribution in [2.24, 2.45) is 29.6 Å². The van der Waals surface area contributed by atoms with Gasteiger partial charge in [-0.25, -0.2) is 0 Å². The molecule has 3 aliphatic carbocycles. The first-order chi connectivity index (χ1) is 14.6. The number of hydrogen-bond donors (Lipinski definition) is 1. The number of amides is 1. The molecule has 0 aromatic rings. The Balaban J connectivity index is 1.59. The largest absolute Gasteiger partial charge is 0.460 e. The molecular weight excluding hydrogens is 452 g/mol. The summed E-state index contributed by atoms with van der Waals surface area (Å²) >= 11 is 0. The summed E-state index contributed by atoms with van der Waals surface area (Å²) in [6, 6.07) is -0.412. The number of carbonyl (C=O) groups is 3. The van der Waals surface area contributed by atoms with Gasteiger partial charge in [0.15, 0.2) is 6.61 Å². The normalized spacial score (nSPS) is 34.6. The second-order valence-electron chi connectivity index (χ2n) is 10.2. The molecule has 3 saturated carbocycles. The van der Waals surface area contributed by atoms with Crippen molar-refractivity contribution in [3.8, 4) is 0 Å². The second kappa shape index (κ2) is 7.34. The standard InChI is InChI=1S/C20H27F2NO8S/c1-19(2,3)23-14-10-7-11(15(14)31-17(25)9-5-4-6-9)13(12(10)16(23)24)18(26)30-8-20(21,22)32(27,28)29/h9-15H,4-8H2,1-3H3,(H,27,28,29). The number of nitrogens with zero attached hydrogens (tertiary/aromatic N) is 1. The predicted octanol–water partition coefficient (Wildman–Crippen LogP) is 1.61. The lowest BCUT2D eigenvalue weighted by molar-refractivity contribution is -0.171. The number of ether oxygens (including phenoxy) is 2. The van der Waals surface area contributed by atoms with Crippen LogP contribution >= 0.6 is 0 Å². The lowest BCUT2D eigenvalue weighted by atomic mass is 9.78. The van der Waals surface area contributed by atoms with Gasteiger partial charge in [-0.2, -0.15) is 17.2 Å². The molecule has 0 radical (unpaired) electrons. The third-order valence-corrected chi connectivity index (χ3v) is 8.19. The molecule has 4 fully saturated rings. The van der Waals surface area contributed by atoms with Crippen molar-refractivity contribution in [2.75, 3.05) is 6.61 Å². The zero-order valence-electron chi connectivity index (χ0n) is 18.0. The van der Waals surface area contributed by atoms with Gasteiger partial charge in [0.25, 0.3) is 0 Å². The van der Waals surface area contributed by atoms with Crippen LogP contribution in [0.2, 0.25) is 0 Å². The number of likely N-dealkylation sites (tertiary alicyclic amines) is 1. The van der Waals surface area contributed by atoms with Gasteiger partial charge in [0.2, 0.25) is 5.91 Å². The van der Waals surface area contributed by atoms with E-state index in [-0.39, 0.29) is 23.7 Å². The number of rotatable bonds is 6. The Morgan fingerprint density at radius 2 is 1.78 bits per heavy atom. The van der Waals surface area contributed by atoms with E-state index in [1.54, 1.807) is 4.90 Å². The average Bonchev–Trinajstić information content (AvgIpc) is 3.19. The summed E-state index contributed by atoms with van der Waals surface area (Å²) in [5.74, 6) is -4.93. The van der Waals surface area contributed by atoms with Crippen LogP contribution in [0.4, 0.5) is 8.78 Å². The van der Waals surface area contributed by atoms with E-state index in [2.05, 4.69) is 4.74 Å². The molecule has 6 unspecified atom stereocenters. The van der Waals surface area contributed by atoms with Crippen molar-refractivity contribution >= 4 is 28.0 Å². The van der Waals surface area contributed by atoms with Crippen LogP contribution in [0.3, 0.4) is 0 Å². The second-order valence-corrected chi connectivity index (χ2v) is 11.8. The van der Waals surface area contributed by atoms with Gasteiger partial charge in [-0.3, -0.25) is 18.9 Å². The molecule has 0 spiro atoms. The smallest absolute Gasteiger partial charge is 0.402 e. The number of halogens is 2. The summed E-state index contributed by atoms with van der Waals surface area (Å²) in [6.07, 6.45) is 1.97. The molecule has 2 bridgehead atoms. The van der Waals surface area contributed by atoms with Gasteiger partial charge < -0.3 is 14.4 Å². The van der Waals surface area contributed by atoms with E-state index in [1.807, 2.05) is 20.8 Å². The molecule has 6 atom stereocenters. The van der Waals surface area contributed by atoms with E-state index < -0.39 is 63.4 Å². The molecule has 4 aliphatic rings. The zero-order valence-corrected chi connectivity index (χ0v) is 18.8. The van der Waals surface area contributed by atoms with Crippen molar-refractivity contribution in [3.63, 3.8) is 0 Å². The molecular formula is C20H27F2NO8S. The molecule has 0 aromatic heterocycles. The van der Waals surface area contributed by atoms with Crippen molar-refractivity contribution in [3.05, 3.63) is 0 Å². The van der Waals surface area contributed by atoms with Crippen LogP contribution in [0.5, 0.6) is 0 Å². The van der Waals surface area contributed by atoms with E-state index in [1.165, 1.54) is 0 Å². The molecule has 1 aliphatic heterocycles. The average molecular weight is 479 g/mol. The minimum atomic E-state index is -5.77. The van der Waals surface area contributed by atoms with Gasteiger partial charge in [-0.15, -0.1) is 0 Å². The molecule has 4 rings (SSSR count). The van der Waals surface area contributed by atoms with Crippen LogP contribution in [-0.4, -0.2) is 65.3 Å². The topological polar surface area (TPSA) is 127 Å². The molecule has 1 amide bonds. The molecule has 180 valence electrons. The minimum Gasteiger partial charge on any atom is -0.460 e. The van der Waals surface area contributed by atoms with Crippen LogP contribution in [0.1, 0.15) is 46.5 Å². The number of fused-ring (bicyclic) bond motifs is 1. The van der Waals surface area contributed by atoms with E-state index in [9.17, 15) is 31.6 Å². The highest BCUT2D eigenvalue weighted by molar-refractivity contribution is 7.86. The maximum atomic E-state index is 13.6. The fourth-order valence-electron chi connectivity index (χ4n) is 5.77. The Hall–Kier alpha value is -1.82. The zero-order chi connectivity index (χ0) is 23.8. The van der Waals surface area contributed by atoms with Gasteiger partial charge in [-0.05, 0) is 46.0 Å². The maximum absolute atomic E-state index is 13.6. The monoisotopic (exact) mass is 479 g/mol. The highest BCUT2D eigenvalue weighted by atomic mass is 32.2. The molecule has 12 heteroatoms. The number of alkyl halides is 2. The summed E-state index contributed by atoms with van der Waals surface area (Å²) < 4.78 is 67.8. The summed E-state index contributed by atoms with van der Waals surface area (Å²) in [4.78, 5) is 40.3. The molecule has 0 aromatic carbocycles. The number of esters is 2. The highest BCUT2D eigenvalue weighted by Gasteiger charge is 2.72. The van der Waals surface area contributed by atoms with Crippen molar-refractivity contribution < 1.29 is 45.6 Å². The van der Waals surface area contributed by atoms with Gasteiger partial charge in [-0.1, -0.05) is 6.42 Å².